The highest BCUT2D eigenvalue weighted by atomic mass is 16.6. The molecular formula is C33H41N3O8. The number of hydrogen-bond donors (Lipinski definition) is 4. The molecule has 1 fully saturated rings. The molecule has 2 aromatic rings. The first-order valence-corrected chi connectivity index (χ1v) is 14.9. The molecule has 2 aliphatic heterocycles. The summed E-state index contributed by atoms with van der Waals surface area (Å²) in [5.74, 6) is -0.460. The lowest BCUT2D eigenvalue weighted by Gasteiger charge is -2.58. The van der Waals surface area contributed by atoms with Crippen LogP contribution in [0.1, 0.15) is 55.8 Å². The molecule has 5 rings (SSSR count). The van der Waals surface area contributed by atoms with Crippen molar-refractivity contribution >= 4 is 17.8 Å². The molecule has 1 spiro atoms. The Bertz CT molecular complexity index is 1460. The Morgan fingerprint density at radius 2 is 1.91 bits per heavy atom. The zero-order valence-corrected chi connectivity index (χ0v) is 25.8. The number of aryl methyl sites for hydroxylation is 1. The van der Waals surface area contributed by atoms with Gasteiger partial charge in [0.1, 0.15) is 11.9 Å². The van der Waals surface area contributed by atoms with E-state index < -0.39 is 47.0 Å². The summed E-state index contributed by atoms with van der Waals surface area (Å²) in [5.41, 5.74) is 0.181. The van der Waals surface area contributed by atoms with Crippen LogP contribution in [-0.4, -0.2) is 84.0 Å². The summed E-state index contributed by atoms with van der Waals surface area (Å²) >= 11 is 0. The maximum Gasteiger partial charge on any atom is 0.338 e. The highest BCUT2D eigenvalue weighted by molar-refractivity contribution is 5.87. The fourth-order valence-electron chi connectivity index (χ4n) is 6.93. The number of aliphatic hydroxyl groups is 2. The van der Waals surface area contributed by atoms with Gasteiger partial charge in [-0.15, -0.1) is 0 Å². The number of amides is 2. The lowest BCUT2D eigenvalue weighted by atomic mass is 9.54. The van der Waals surface area contributed by atoms with Gasteiger partial charge in [0, 0.05) is 31.0 Å². The first kappa shape index (κ1) is 31.5. The van der Waals surface area contributed by atoms with E-state index in [1.165, 1.54) is 6.92 Å². The molecule has 1 saturated heterocycles. The number of rotatable bonds is 9. The van der Waals surface area contributed by atoms with Crippen molar-refractivity contribution in [1.29, 1.82) is 0 Å². The lowest BCUT2D eigenvalue weighted by molar-refractivity contribution is -0.163. The monoisotopic (exact) mass is 607 g/mol. The smallest absolute Gasteiger partial charge is 0.338 e. The van der Waals surface area contributed by atoms with Gasteiger partial charge in [0.15, 0.2) is 23.6 Å². The van der Waals surface area contributed by atoms with E-state index in [1.54, 1.807) is 43.5 Å². The van der Waals surface area contributed by atoms with Crippen LogP contribution in [0.3, 0.4) is 0 Å². The van der Waals surface area contributed by atoms with Gasteiger partial charge >= 0.3 is 5.97 Å². The summed E-state index contributed by atoms with van der Waals surface area (Å²) in [5, 5.41) is 27.1. The summed E-state index contributed by atoms with van der Waals surface area (Å²) in [6.07, 6.45) is 0.382. The second kappa shape index (κ2) is 12.2. The maximum absolute atomic E-state index is 13.9. The van der Waals surface area contributed by atoms with Gasteiger partial charge in [-0.25, -0.2) is 4.79 Å². The van der Waals surface area contributed by atoms with Crippen LogP contribution >= 0.6 is 0 Å². The van der Waals surface area contributed by atoms with E-state index >= 15 is 0 Å². The number of piperidine rings is 1. The van der Waals surface area contributed by atoms with Crippen LogP contribution in [0, 0.1) is 6.92 Å². The average Bonchev–Trinajstić information content (AvgIpc) is 3.37. The minimum atomic E-state index is -1.23. The SMILES string of the molecule is COc1ccc(C)c2c1O[C@H]1C(OC(=O)[C@@H](NC(=O)CCNC(=O)[C@H](C)O)c3ccccc3)=CC[C@@]3(O)[C@@H](C)N(C)CC[C@]213. The molecule has 0 saturated carbocycles. The zero-order valence-electron chi connectivity index (χ0n) is 25.8. The Kier molecular flexibility index (Phi) is 8.75. The van der Waals surface area contributed by atoms with Crippen molar-refractivity contribution in [2.75, 3.05) is 27.2 Å². The highest BCUT2D eigenvalue weighted by Crippen LogP contribution is 2.62. The number of likely N-dealkylation sites (N-methyl/N-ethyl adjacent to an activating group) is 1. The Morgan fingerprint density at radius 1 is 1.18 bits per heavy atom. The molecule has 44 heavy (non-hydrogen) atoms. The summed E-state index contributed by atoms with van der Waals surface area (Å²) in [4.78, 5) is 40.6. The largest absolute Gasteiger partial charge is 0.493 e. The summed E-state index contributed by atoms with van der Waals surface area (Å²) in [7, 11) is 3.55. The normalized spacial score (nSPS) is 26.9. The number of fused-ring (bicyclic) bond motifs is 1. The van der Waals surface area contributed by atoms with Crippen LogP contribution in [0.25, 0.3) is 0 Å². The molecule has 6 atom stereocenters. The van der Waals surface area contributed by atoms with Gasteiger partial charge in [-0.1, -0.05) is 36.4 Å². The number of likely N-dealkylation sites (tertiary alicyclic amines) is 1. The topological polar surface area (TPSA) is 147 Å². The number of aliphatic hydroxyl groups excluding tert-OH is 1. The highest BCUT2D eigenvalue weighted by Gasteiger charge is 2.69. The number of hydrogen-bond acceptors (Lipinski definition) is 9. The van der Waals surface area contributed by atoms with Crippen LogP contribution in [0.2, 0.25) is 0 Å². The number of ether oxygens (including phenoxy) is 3. The van der Waals surface area contributed by atoms with Crippen LogP contribution in [-0.2, 0) is 24.5 Å². The van der Waals surface area contributed by atoms with Gasteiger partial charge in [-0.2, -0.15) is 0 Å². The van der Waals surface area contributed by atoms with Gasteiger partial charge in [-0.3, -0.25) is 9.59 Å². The number of carbonyl (C=O) groups is 3. The quantitative estimate of drug-likeness (QED) is 0.315. The number of benzene rings is 2. The standard InChI is InChI=1S/C33H41N3O8/c1-19-11-12-23(42-5)28-26(19)32-16-18-36(4)21(3)33(32,41)15-13-24(29(32)44-28)43-31(40)27(22-9-7-6-8-10-22)35-25(38)14-17-34-30(39)20(2)37/h6-13,20-21,27,29,37,41H,14-18H2,1-5H3,(H,34,39)(H,35,38)/t20-,21+,27-,29-,32-,33+/m0/s1. The second-order valence-corrected chi connectivity index (χ2v) is 11.9. The van der Waals surface area contributed by atoms with E-state index in [4.69, 9.17) is 14.2 Å². The maximum atomic E-state index is 13.9. The first-order valence-electron chi connectivity index (χ1n) is 14.9. The molecule has 3 aliphatic rings. The molecule has 0 radical (unpaired) electrons. The third kappa shape index (κ3) is 5.22. The third-order valence-electron chi connectivity index (χ3n) is 9.46. The molecule has 0 unspecified atom stereocenters. The minimum Gasteiger partial charge on any atom is -0.493 e. The third-order valence-corrected chi connectivity index (χ3v) is 9.46. The fourth-order valence-corrected chi connectivity index (χ4v) is 6.93. The van der Waals surface area contributed by atoms with Crippen molar-refractivity contribution in [3.05, 3.63) is 71.0 Å². The van der Waals surface area contributed by atoms with Crippen molar-refractivity contribution < 1.29 is 38.8 Å². The van der Waals surface area contributed by atoms with Crippen molar-refractivity contribution in [2.24, 2.45) is 0 Å². The predicted molar refractivity (Wildman–Crippen MR) is 161 cm³/mol. The molecule has 11 heteroatoms. The van der Waals surface area contributed by atoms with Crippen LogP contribution < -0.4 is 20.1 Å². The van der Waals surface area contributed by atoms with E-state index in [-0.39, 0.29) is 31.2 Å². The zero-order chi connectivity index (χ0) is 31.8. The summed E-state index contributed by atoms with van der Waals surface area (Å²) in [6, 6.07) is 11.2. The van der Waals surface area contributed by atoms with Gasteiger partial charge < -0.3 is 40.0 Å². The lowest BCUT2D eigenvalue weighted by Crippen LogP contribution is -2.71. The molecule has 0 bridgehead atoms. The molecule has 2 heterocycles. The van der Waals surface area contributed by atoms with Crippen LogP contribution in [0.5, 0.6) is 11.5 Å². The van der Waals surface area contributed by atoms with E-state index in [2.05, 4.69) is 15.5 Å². The van der Waals surface area contributed by atoms with Gasteiger partial charge in [-0.05, 0) is 64.1 Å². The Hall–Kier alpha value is -3.93. The molecule has 2 amide bonds. The summed E-state index contributed by atoms with van der Waals surface area (Å²) < 4.78 is 18.4. The first-order chi connectivity index (χ1) is 20.9. The average molecular weight is 608 g/mol. The van der Waals surface area contributed by atoms with Crippen molar-refractivity contribution in [3.63, 3.8) is 0 Å². The molecule has 0 aromatic heterocycles. The number of carbonyl (C=O) groups excluding carboxylic acids is 3. The van der Waals surface area contributed by atoms with E-state index in [0.717, 1.165) is 11.1 Å². The van der Waals surface area contributed by atoms with E-state index in [1.807, 2.05) is 33.0 Å². The van der Waals surface area contributed by atoms with Crippen molar-refractivity contribution in [3.8, 4) is 11.5 Å². The van der Waals surface area contributed by atoms with Crippen LogP contribution in [0.15, 0.2) is 54.3 Å². The number of esters is 1. The molecule has 11 nitrogen and oxygen atoms in total. The molecule has 4 N–H and O–H groups in total. The Labute approximate surface area is 257 Å². The van der Waals surface area contributed by atoms with Crippen LogP contribution in [0.4, 0.5) is 0 Å². The number of nitrogens with zero attached hydrogens (tertiary/aromatic N) is 1. The van der Waals surface area contributed by atoms with Gasteiger partial charge in [0.2, 0.25) is 11.8 Å². The van der Waals surface area contributed by atoms with E-state index in [9.17, 15) is 24.6 Å². The molecular weight excluding hydrogens is 566 g/mol. The fraction of sp³-hybridized carbons (Fsp3) is 0.485. The van der Waals surface area contributed by atoms with Gasteiger partial charge in [0.25, 0.3) is 0 Å². The second-order valence-electron chi connectivity index (χ2n) is 11.9. The number of nitrogens with one attached hydrogen (secondary N) is 2. The van der Waals surface area contributed by atoms with Gasteiger partial charge in [0.05, 0.1) is 18.1 Å². The summed E-state index contributed by atoms with van der Waals surface area (Å²) in [6.45, 7) is 5.99. The Balaban J connectivity index is 1.46. The van der Waals surface area contributed by atoms with E-state index in [0.29, 0.717) is 30.0 Å². The minimum absolute atomic E-state index is 0.0135. The molecule has 2 aromatic carbocycles. The van der Waals surface area contributed by atoms with Crippen molar-refractivity contribution in [2.45, 2.75) is 75.3 Å². The molecule has 1 aliphatic carbocycles. The molecule has 236 valence electrons. The van der Waals surface area contributed by atoms with Crippen molar-refractivity contribution in [1.82, 2.24) is 15.5 Å². The Morgan fingerprint density at radius 3 is 2.59 bits per heavy atom. The number of methoxy groups -OCH3 is 1. The predicted octanol–water partition coefficient (Wildman–Crippen LogP) is 2.03.